The first-order chi connectivity index (χ1) is 18.1. The summed E-state index contributed by atoms with van der Waals surface area (Å²) in [6.07, 6.45) is 0. The summed E-state index contributed by atoms with van der Waals surface area (Å²) in [7, 11) is 0. The molecule has 1 aliphatic heterocycles. The van der Waals surface area contributed by atoms with E-state index in [2.05, 4.69) is 27.2 Å². The van der Waals surface area contributed by atoms with Gasteiger partial charge in [-0.15, -0.1) is 10.2 Å². The molecule has 1 aromatic heterocycles. The number of aromatic nitrogens is 3. The molecule has 0 saturated carbocycles. The Labute approximate surface area is 218 Å². The number of nitro benzene ring substituents is 1. The largest absolute Gasteiger partial charge is 0.368 e. The molecule has 9 nitrogen and oxygen atoms in total. The summed E-state index contributed by atoms with van der Waals surface area (Å²) >= 11 is 1.37. The van der Waals surface area contributed by atoms with E-state index in [0.717, 1.165) is 24.2 Å². The topological polar surface area (TPSA) is 97.4 Å². The summed E-state index contributed by atoms with van der Waals surface area (Å²) in [5.74, 6) is 0.937. The normalized spacial score (nSPS) is 13.5. The predicted octanol–water partition coefficient (Wildman–Crippen LogP) is 4.34. The van der Waals surface area contributed by atoms with Gasteiger partial charge < -0.3 is 9.80 Å². The second-order valence-corrected chi connectivity index (χ2v) is 9.62. The molecule has 1 saturated heterocycles. The van der Waals surface area contributed by atoms with E-state index in [9.17, 15) is 14.9 Å². The van der Waals surface area contributed by atoms with Crippen LogP contribution in [0, 0.1) is 10.1 Å². The number of hydrogen-bond acceptors (Lipinski definition) is 7. The van der Waals surface area contributed by atoms with Gasteiger partial charge in [-0.05, 0) is 29.8 Å². The number of benzene rings is 3. The molecule has 0 unspecified atom stereocenters. The Morgan fingerprint density at radius 3 is 2.16 bits per heavy atom. The number of hydrogen-bond donors (Lipinski definition) is 0. The van der Waals surface area contributed by atoms with Crippen LogP contribution in [-0.2, 0) is 11.3 Å². The van der Waals surface area contributed by atoms with E-state index >= 15 is 0 Å². The molecule has 4 aromatic rings. The van der Waals surface area contributed by atoms with E-state index < -0.39 is 4.92 Å². The lowest BCUT2D eigenvalue weighted by molar-refractivity contribution is -0.384. The van der Waals surface area contributed by atoms with Crippen molar-refractivity contribution in [2.75, 3.05) is 36.8 Å². The first-order valence-electron chi connectivity index (χ1n) is 12.0. The minimum absolute atomic E-state index is 0.0189. The number of rotatable bonds is 8. The van der Waals surface area contributed by atoms with Crippen LogP contribution in [0.15, 0.2) is 90.1 Å². The molecule has 5 rings (SSSR count). The molecule has 0 radical (unpaired) electrons. The van der Waals surface area contributed by atoms with Crippen LogP contribution in [0.1, 0.15) is 5.56 Å². The van der Waals surface area contributed by atoms with Crippen LogP contribution in [0.4, 0.5) is 11.4 Å². The number of non-ortho nitro benzene ring substituents is 1. The van der Waals surface area contributed by atoms with E-state index in [4.69, 9.17) is 0 Å². The zero-order valence-corrected chi connectivity index (χ0v) is 21.0. The van der Waals surface area contributed by atoms with Crippen LogP contribution in [0.5, 0.6) is 0 Å². The zero-order chi connectivity index (χ0) is 25.6. The Morgan fingerprint density at radius 2 is 1.51 bits per heavy atom. The first kappa shape index (κ1) is 24.5. The lowest BCUT2D eigenvalue weighted by atomic mass is 10.2. The van der Waals surface area contributed by atoms with Crippen molar-refractivity contribution < 1.29 is 9.72 Å². The van der Waals surface area contributed by atoms with Gasteiger partial charge in [0.15, 0.2) is 11.0 Å². The van der Waals surface area contributed by atoms with Crippen LogP contribution >= 0.6 is 11.8 Å². The zero-order valence-electron chi connectivity index (χ0n) is 20.1. The number of anilines is 1. The van der Waals surface area contributed by atoms with E-state index in [1.54, 1.807) is 12.1 Å². The lowest BCUT2D eigenvalue weighted by Gasteiger charge is -2.36. The molecule has 1 amide bonds. The maximum Gasteiger partial charge on any atom is 0.269 e. The van der Waals surface area contributed by atoms with Crippen molar-refractivity contribution in [3.63, 3.8) is 0 Å². The summed E-state index contributed by atoms with van der Waals surface area (Å²) < 4.78 is 1.96. The van der Waals surface area contributed by atoms with Gasteiger partial charge >= 0.3 is 0 Å². The van der Waals surface area contributed by atoms with Gasteiger partial charge in [-0.2, -0.15) is 0 Å². The summed E-state index contributed by atoms with van der Waals surface area (Å²) in [5.41, 5.74) is 2.99. The third kappa shape index (κ3) is 5.80. The van der Waals surface area contributed by atoms with Gasteiger partial charge in [-0.3, -0.25) is 19.5 Å². The minimum Gasteiger partial charge on any atom is -0.368 e. The SMILES string of the molecule is O=C(CSc1nnc(-c2ccc([N+](=O)[O-])cc2)n1Cc1ccccc1)N1CCN(c2ccccc2)CC1. The first-order valence-corrected chi connectivity index (χ1v) is 13.0. The second-order valence-electron chi connectivity index (χ2n) is 8.67. The number of nitrogens with zero attached hydrogens (tertiary/aromatic N) is 6. The number of carbonyl (C=O) groups excluding carboxylic acids is 1. The average Bonchev–Trinajstić information content (AvgIpc) is 3.35. The molecule has 0 atom stereocenters. The highest BCUT2D eigenvalue weighted by Crippen LogP contribution is 2.27. The van der Waals surface area contributed by atoms with Crippen LogP contribution in [0.25, 0.3) is 11.4 Å². The Hall–Kier alpha value is -4.18. The Balaban J connectivity index is 1.29. The molecule has 0 spiro atoms. The molecule has 1 fully saturated rings. The molecular weight excluding hydrogens is 488 g/mol. The van der Waals surface area contributed by atoms with Crippen molar-refractivity contribution in [1.29, 1.82) is 0 Å². The molecular formula is C27H26N6O3S. The summed E-state index contributed by atoms with van der Waals surface area (Å²) in [6, 6.07) is 26.5. The van der Waals surface area contributed by atoms with Crippen molar-refractivity contribution in [1.82, 2.24) is 19.7 Å². The minimum atomic E-state index is -0.426. The Morgan fingerprint density at radius 1 is 0.865 bits per heavy atom. The average molecular weight is 515 g/mol. The van der Waals surface area contributed by atoms with Crippen LogP contribution in [0.3, 0.4) is 0 Å². The maximum absolute atomic E-state index is 13.0. The van der Waals surface area contributed by atoms with Gasteiger partial charge in [0.05, 0.1) is 17.2 Å². The third-order valence-corrected chi connectivity index (χ3v) is 7.27. The number of thioether (sulfide) groups is 1. The molecule has 188 valence electrons. The van der Waals surface area contributed by atoms with Gasteiger partial charge in [-0.25, -0.2) is 0 Å². The van der Waals surface area contributed by atoms with Crippen LogP contribution in [-0.4, -0.2) is 62.4 Å². The number of para-hydroxylation sites is 1. The highest BCUT2D eigenvalue weighted by Gasteiger charge is 2.23. The maximum atomic E-state index is 13.0. The highest BCUT2D eigenvalue weighted by atomic mass is 32.2. The van der Waals surface area contributed by atoms with Gasteiger partial charge in [0.25, 0.3) is 5.69 Å². The van der Waals surface area contributed by atoms with Crippen LogP contribution < -0.4 is 4.90 Å². The van der Waals surface area contributed by atoms with Gasteiger partial charge in [0.1, 0.15) is 0 Å². The lowest BCUT2D eigenvalue weighted by Crippen LogP contribution is -2.49. The highest BCUT2D eigenvalue weighted by molar-refractivity contribution is 7.99. The number of carbonyl (C=O) groups is 1. The third-order valence-electron chi connectivity index (χ3n) is 6.32. The van der Waals surface area contributed by atoms with E-state index in [0.29, 0.717) is 30.6 Å². The molecule has 37 heavy (non-hydrogen) atoms. The standard InChI is InChI=1S/C27H26N6O3S/c34-25(31-17-15-30(16-18-31)23-9-5-2-6-10-23)20-37-27-29-28-26(22-11-13-24(14-12-22)33(35)36)32(27)19-21-7-3-1-4-8-21/h1-14H,15-20H2. The molecule has 10 heteroatoms. The Bertz CT molecular complexity index is 1350. The smallest absolute Gasteiger partial charge is 0.269 e. The van der Waals surface area contributed by atoms with Crippen molar-refractivity contribution in [2.24, 2.45) is 0 Å². The Kier molecular flexibility index (Phi) is 7.46. The fourth-order valence-corrected chi connectivity index (χ4v) is 5.16. The van der Waals surface area contributed by atoms with Gasteiger partial charge in [-0.1, -0.05) is 60.3 Å². The molecule has 0 aliphatic carbocycles. The molecule has 0 bridgehead atoms. The van der Waals surface area contributed by atoms with Crippen LogP contribution in [0.2, 0.25) is 0 Å². The van der Waals surface area contributed by atoms with E-state index in [1.165, 1.54) is 29.6 Å². The summed E-state index contributed by atoms with van der Waals surface area (Å²) in [5, 5.41) is 20.5. The van der Waals surface area contributed by atoms with Crippen molar-refractivity contribution >= 4 is 29.0 Å². The van der Waals surface area contributed by atoms with Gasteiger partial charge in [0.2, 0.25) is 5.91 Å². The number of piperazine rings is 1. The van der Waals surface area contributed by atoms with Gasteiger partial charge in [0, 0.05) is 49.6 Å². The van der Waals surface area contributed by atoms with E-state index in [1.807, 2.05) is 58.0 Å². The molecule has 0 N–H and O–H groups in total. The molecule has 3 aromatic carbocycles. The summed E-state index contributed by atoms with van der Waals surface area (Å²) in [6.45, 7) is 3.48. The molecule has 1 aliphatic rings. The predicted molar refractivity (Wildman–Crippen MR) is 144 cm³/mol. The second kappa shape index (κ2) is 11.3. The fourth-order valence-electron chi connectivity index (χ4n) is 4.32. The summed E-state index contributed by atoms with van der Waals surface area (Å²) in [4.78, 5) is 27.9. The van der Waals surface area contributed by atoms with Crippen molar-refractivity contribution in [2.45, 2.75) is 11.7 Å². The quantitative estimate of drug-likeness (QED) is 0.196. The monoisotopic (exact) mass is 514 g/mol. The fraction of sp³-hybridized carbons (Fsp3) is 0.222. The molecule has 2 heterocycles. The van der Waals surface area contributed by atoms with Crippen molar-refractivity contribution in [3.05, 3.63) is 101 Å². The van der Waals surface area contributed by atoms with E-state index in [-0.39, 0.29) is 17.3 Å². The van der Waals surface area contributed by atoms with Crippen molar-refractivity contribution in [3.8, 4) is 11.4 Å². The number of nitro groups is 1. The number of amides is 1.